The van der Waals surface area contributed by atoms with Gasteiger partial charge in [-0.05, 0) is 43.3 Å². The van der Waals surface area contributed by atoms with Crippen molar-refractivity contribution in [2.75, 3.05) is 16.4 Å². The van der Waals surface area contributed by atoms with Crippen LogP contribution in [0.25, 0.3) is 5.69 Å². The number of benzene rings is 2. The van der Waals surface area contributed by atoms with Crippen LogP contribution in [-0.2, 0) is 4.79 Å². The van der Waals surface area contributed by atoms with E-state index in [0.717, 1.165) is 11.4 Å². The topological polar surface area (TPSA) is 84.7 Å². The Morgan fingerprint density at radius 2 is 1.90 bits per heavy atom. The van der Waals surface area contributed by atoms with E-state index in [0.29, 0.717) is 21.0 Å². The van der Waals surface area contributed by atoms with Crippen molar-refractivity contribution in [3.63, 3.8) is 0 Å². The summed E-state index contributed by atoms with van der Waals surface area (Å²) in [6.45, 7) is 1.88. The first-order valence-electron chi connectivity index (χ1n) is 8.98. The van der Waals surface area contributed by atoms with Crippen molar-refractivity contribution in [1.82, 2.24) is 20.0 Å². The first-order valence-corrected chi connectivity index (χ1v) is 10.8. The number of aromatic nitrogens is 4. The molecular weight excluding hydrogens is 423 g/mol. The molecule has 4 aromatic rings. The Balaban J connectivity index is 1.35. The van der Waals surface area contributed by atoms with Gasteiger partial charge in [0, 0.05) is 11.8 Å². The molecule has 2 aromatic carbocycles. The summed E-state index contributed by atoms with van der Waals surface area (Å²) in [5.74, 6) is 0.328. The van der Waals surface area contributed by atoms with Gasteiger partial charge in [-0.1, -0.05) is 41.3 Å². The molecule has 0 fully saturated rings. The first kappa shape index (κ1) is 20.0. The molecule has 2 aromatic heterocycles. The summed E-state index contributed by atoms with van der Waals surface area (Å²) in [6, 6.07) is 17.4. The fourth-order valence-electron chi connectivity index (χ4n) is 2.64. The number of hydrogen-bond donors (Lipinski definition) is 2. The number of carbonyl (C=O) groups excluding carboxylic acids is 1. The summed E-state index contributed by atoms with van der Waals surface area (Å²) < 4.78 is 15.3. The number of nitrogens with zero attached hydrogens (tertiary/aromatic N) is 4. The fraction of sp³-hybridized carbons (Fsp3) is 0.100. The van der Waals surface area contributed by atoms with Crippen molar-refractivity contribution in [3.8, 4) is 5.69 Å². The second-order valence-electron chi connectivity index (χ2n) is 6.26. The number of hydrogen-bond acceptors (Lipinski definition) is 7. The number of thioether (sulfide) groups is 1. The summed E-state index contributed by atoms with van der Waals surface area (Å²) in [5.41, 5.74) is 2.39. The van der Waals surface area contributed by atoms with E-state index < -0.39 is 0 Å². The molecule has 1 amide bonds. The highest BCUT2D eigenvalue weighted by molar-refractivity contribution is 8.01. The number of rotatable bonds is 7. The second-order valence-corrected chi connectivity index (χ2v) is 8.46. The van der Waals surface area contributed by atoms with Gasteiger partial charge in [0.05, 0.1) is 17.1 Å². The van der Waals surface area contributed by atoms with Gasteiger partial charge in [0.15, 0.2) is 4.34 Å². The standard InChI is InChI=1S/C20H17FN6OS2/c1-13-11-17(27(26-13)16-5-3-2-4-6-16)23-18(28)12-29-20-25-24-19(30-20)22-15-9-7-14(21)8-10-15/h2-11H,12H2,1H3,(H,22,24)(H,23,28). The molecule has 10 heteroatoms. The van der Waals surface area contributed by atoms with Gasteiger partial charge in [0.2, 0.25) is 11.0 Å². The molecule has 4 rings (SSSR count). The predicted molar refractivity (Wildman–Crippen MR) is 117 cm³/mol. The molecule has 0 bridgehead atoms. The van der Waals surface area contributed by atoms with Crippen LogP contribution in [-0.4, -0.2) is 31.6 Å². The van der Waals surface area contributed by atoms with Gasteiger partial charge in [-0.2, -0.15) is 5.10 Å². The Labute approximate surface area is 180 Å². The van der Waals surface area contributed by atoms with Crippen molar-refractivity contribution in [1.29, 1.82) is 0 Å². The molecule has 0 aliphatic heterocycles. The van der Waals surface area contributed by atoms with Gasteiger partial charge in [-0.15, -0.1) is 10.2 Å². The van der Waals surface area contributed by atoms with E-state index in [1.54, 1.807) is 16.8 Å². The van der Waals surface area contributed by atoms with E-state index in [9.17, 15) is 9.18 Å². The van der Waals surface area contributed by atoms with Gasteiger partial charge in [-0.3, -0.25) is 4.79 Å². The molecule has 0 saturated heterocycles. The molecular formula is C20H17FN6OS2. The molecule has 0 spiro atoms. The van der Waals surface area contributed by atoms with Crippen molar-refractivity contribution in [3.05, 3.63) is 72.2 Å². The molecule has 0 atom stereocenters. The number of anilines is 3. The SMILES string of the molecule is Cc1cc(NC(=O)CSc2nnc(Nc3ccc(F)cc3)s2)n(-c2ccccc2)n1. The maximum atomic E-state index is 13.0. The number of halogens is 1. The lowest BCUT2D eigenvalue weighted by atomic mass is 10.3. The third-order valence-electron chi connectivity index (χ3n) is 3.93. The predicted octanol–water partition coefficient (Wildman–Crippen LogP) is 4.65. The first-order chi connectivity index (χ1) is 14.6. The molecule has 0 unspecified atom stereocenters. The molecule has 7 nitrogen and oxygen atoms in total. The highest BCUT2D eigenvalue weighted by atomic mass is 32.2. The van der Waals surface area contributed by atoms with Gasteiger partial charge in [0.1, 0.15) is 11.6 Å². The molecule has 0 aliphatic carbocycles. The van der Waals surface area contributed by atoms with Crippen LogP contribution in [0.2, 0.25) is 0 Å². The summed E-state index contributed by atoms with van der Waals surface area (Å²) in [7, 11) is 0. The zero-order valence-corrected chi connectivity index (χ0v) is 17.5. The van der Waals surface area contributed by atoms with Crippen LogP contribution in [0.4, 0.5) is 21.0 Å². The normalized spacial score (nSPS) is 10.7. The Kier molecular flexibility index (Phi) is 6.05. The third kappa shape index (κ3) is 5.02. The Morgan fingerprint density at radius 1 is 1.13 bits per heavy atom. The van der Waals surface area contributed by atoms with Crippen molar-refractivity contribution in [2.45, 2.75) is 11.3 Å². The fourth-order valence-corrected chi connectivity index (χ4v) is 4.21. The largest absolute Gasteiger partial charge is 0.330 e. The van der Waals surface area contributed by atoms with E-state index in [1.165, 1.54) is 35.2 Å². The molecule has 152 valence electrons. The van der Waals surface area contributed by atoms with E-state index in [-0.39, 0.29) is 17.5 Å². The highest BCUT2D eigenvalue weighted by Gasteiger charge is 2.13. The Bertz CT molecular complexity index is 1140. The van der Waals surface area contributed by atoms with Crippen molar-refractivity contribution < 1.29 is 9.18 Å². The van der Waals surface area contributed by atoms with Gasteiger partial charge in [-0.25, -0.2) is 9.07 Å². The molecule has 0 aliphatic rings. The maximum Gasteiger partial charge on any atom is 0.235 e. The summed E-state index contributed by atoms with van der Waals surface area (Å²) in [5, 5.41) is 19.1. The lowest BCUT2D eigenvalue weighted by Gasteiger charge is -2.08. The quantitative estimate of drug-likeness (QED) is 0.407. The van der Waals surface area contributed by atoms with Crippen LogP contribution in [0.1, 0.15) is 5.69 Å². The van der Waals surface area contributed by atoms with Crippen LogP contribution >= 0.6 is 23.1 Å². The number of amides is 1. The number of para-hydroxylation sites is 1. The van der Waals surface area contributed by atoms with Crippen LogP contribution in [0.3, 0.4) is 0 Å². The van der Waals surface area contributed by atoms with Gasteiger partial charge >= 0.3 is 0 Å². The van der Waals surface area contributed by atoms with E-state index >= 15 is 0 Å². The third-order valence-corrected chi connectivity index (χ3v) is 5.90. The van der Waals surface area contributed by atoms with Gasteiger partial charge < -0.3 is 10.6 Å². The monoisotopic (exact) mass is 440 g/mol. The smallest absolute Gasteiger partial charge is 0.235 e. The molecule has 0 saturated carbocycles. The molecule has 2 N–H and O–H groups in total. The van der Waals surface area contributed by atoms with Crippen LogP contribution in [0.15, 0.2) is 65.0 Å². The average molecular weight is 441 g/mol. The minimum absolute atomic E-state index is 0.166. The molecule has 2 heterocycles. The lowest BCUT2D eigenvalue weighted by molar-refractivity contribution is -0.113. The number of carbonyl (C=O) groups is 1. The Hall–Kier alpha value is -3.24. The molecule has 0 radical (unpaired) electrons. The van der Waals surface area contributed by atoms with Crippen LogP contribution in [0.5, 0.6) is 0 Å². The van der Waals surface area contributed by atoms with Crippen molar-refractivity contribution >= 4 is 45.6 Å². The Morgan fingerprint density at radius 3 is 2.67 bits per heavy atom. The number of aryl methyl sites for hydroxylation is 1. The zero-order chi connectivity index (χ0) is 20.9. The lowest BCUT2D eigenvalue weighted by Crippen LogP contribution is -2.16. The molecule has 30 heavy (non-hydrogen) atoms. The van der Waals surface area contributed by atoms with Gasteiger partial charge in [0.25, 0.3) is 0 Å². The number of nitrogens with one attached hydrogen (secondary N) is 2. The summed E-state index contributed by atoms with van der Waals surface area (Å²) in [4.78, 5) is 12.4. The summed E-state index contributed by atoms with van der Waals surface area (Å²) in [6.07, 6.45) is 0. The van der Waals surface area contributed by atoms with Crippen LogP contribution in [0, 0.1) is 12.7 Å². The maximum absolute atomic E-state index is 13.0. The summed E-state index contributed by atoms with van der Waals surface area (Å²) >= 11 is 2.62. The minimum atomic E-state index is -0.302. The zero-order valence-electron chi connectivity index (χ0n) is 15.9. The van der Waals surface area contributed by atoms with Crippen LogP contribution < -0.4 is 10.6 Å². The van der Waals surface area contributed by atoms with E-state index in [4.69, 9.17) is 0 Å². The van der Waals surface area contributed by atoms with E-state index in [2.05, 4.69) is 25.9 Å². The second kappa shape index (κ2) is 9.06. The minimum Gasteiger partial charge on any atom is -0.330 e. The van der Waals surface area contributed by atoms with Crippen molar-refractivity contribution in [2.24, 2.45) is 0 Å². The highest BCUT2D eigenvalue weighted by Crippen LogP contribution is 2.28. The average Bonchev–Trinajstić information content (AvgIpc) is 3.35. The van der Waals surface area contributed by atoms with E-state index in [1.807, 2.05) is 43.3 Å².